The second-order valence-corrected chi connectivity index (χ2v) is 20.4. The molecule has 1 aliphatic rings. The molecule has 0 amide bonds. The minimum atomic E-state index is -0.297. The molecule has 1 aliphatic heterocycles. The van der Waals surface area contributed by atoms with E-state index in [2.05, 4.69) is 0 Å². The van der Waals surface area contributed by atoms with Crippen molar-refractivity contribution in [2.24, 2.45) is 0 Å². The number of anilines is 1. The Bertz CT molecular complexity index is 326. The van der Waals surface area contributed by atoms with Crippen molar-refractivity contribution in [2.45, 2.75) is 4.43 Å². The monoisotopic (exact) mass is 418 g/mol. The summed E-state index contributed by atoms with van der Waals surface area (Å²) in [5.41, 5.74) is 8.15. The zero-order valence-electron chi connectivity index (χ0n) is 8.09. The standard InChI is InChI=1S/C10H14I2NO/c1-14-10-4-2-3-9(13)8(10)7-11-12-5-6-12/h2-4H,5-7,13H2,1H3/q-1. The third-order valence-electron chi connectivity index (χ3n) is 2.05. The van der Waals surface area contributed by atoms with Gasteiger partial charge in [-0.25, -0.2) is 0 Å². The van der Waals surface area contributed by atoms with Gasteiger partial charge in [0.2, 0.25) is 0 Å². The van der Waals surface area contributed by atoms with Crippen molar-refractivity contribution >= 4 is 21.5 Å². The van der Waals surface area contributed by atoms with E-state index in [1.54, 1.807) is 16.0 Å². The topological polar surface area (TPSA) is 35.2 Å². The number of rotatable bonds is 4. The Morgan fingerprint density at radius 3 is 2.93 bits per heavy atom. The van der Waals surface area contributed by atoms with Crippen molar-refractivity contribution in [1.29, 1.82) is 0 Å². The van der Waals surface area contributed by atoms with Crippen LogP contribution >= 0.6 is 15.8 Å². The van der Waals surface area contributed by atoms with Crippen LogP contribution < -0.4 is 27.7 Å². The predicted octanol–water partition coefficient (Wildman–Crippen LogP) is -0.699. The molecule has 1 saturated heterocycles. The van der Waals surface area contributed by atoms with Gasteiger partial charge in [-0.2, -0.15) is 0 Å². The molecule has 2 N–H and O–H groups in total. The van der Waals surface area contributed by atoms with Crippen LogP contribution in [0.25, 0.3) is 0 Å². The number of halogens is 2. The number of nitrogen functional groups attached to an aromatic ring is 1. The second kappa shape index (κ2) is 4.87. The Morgan fingerprint density at radius 2 is 2.29 bits per heavy atom. The third kappa shape index (κ3) is 2.65. The summed E-state index contributed by atoms with van der Waals surface area (Å²) in [5.74, 6) is 0.988. The van der Waals surface area contributed by atoms with Gasteiger partial charge in [0.1, 0.15) is 0 Å². The fourth-order valence-corrected chi connectivity index (χ4v) is 19.9. The van der Waals surface area contributed by atoms with Crippen LogP contribution in [0, 0.1) is 0 Å². The maximum absolute atomic E-state index is 5.96. The molecule has 1 aromatic carbocycles. The molecule has 2 rings (SSSR count). The van der Waals surface area contributed by atoms with Gasteiger partial charge in [-0.1, -0.05) is 0 Å². The van der Waals surface area contributed by atoms with Crippen molar-refractivity contribution in [1.82, 2.24) is 0 Å². The number of alkyl halides is 3. The SMILES string of the molecule is COc1cccc(N)c1C[I-]I1CC1. The molecule has 0 bridgehead atoms. The van der Waals surface area contributed by atoms with Gasteiger partial charge in [-0.3, -0.25) is 0 Å². The first-order valence-corrected chi connectivity index (χ1v) is 15.3. The summed E-state index contributed by atoms with van der Waals surface area (Å²) in [5, 5.41) is 0. The average Bonchev–Trinajstić information content (AvgIpc) is 2.99. The Hall–Kier alpha value is 0.280. The first kappa shape index (κ1) is 10.8. The van der Waals surface area contributed by atoms with E-state index in [0.717, 1.165) is 11.4 Å². The zero-order valence-corrected chi connectivity index (χ0v) is 12.4. The van der Waals surface area contributed by atoms with Crippen molar-refractivity contribution < 1.29 is 22.0 Å². The van der Waals surface area contributed by atoms with E-state index < -0.39 is 0 Å². The van der Waals surface area contributed by atoms with Crippen LogP contribution in [0.2, 0.25) is 0 Å². The summed E-state index contributed by atoms with van der Waals surface area (Å²) in [6, 6.07) is 5.97. The first-order valence-electron chi connectivity index (χ1n) is 4.44. The predicted molar refractivity (Wildman–Crippen MR) is 64.9 cm³/mol. The van der Waals surface area contributed by atoms with Crippen molar-refractivity contribution in [3.63, 3.8) is 0 Å². The number of methoxy groups -OCH3 is 1. The molecular formula is C10H14I2NO-. The van der Waals surface area contributed by atoms with Gasteiger partial charge < -0.3 is 0 Å². The molecule has 0 atom stereocenters. The van der Waals surface area contributed by atoms with Crippen LogP contribution in [-0.4, -0.2) is 16.0 Å². The van der Waals surface area contributed by atoms with Crippen LogP contribution in [0.4, 0.5) is 5.69 Å². The van der Waals surface area contributed by atoms with Gasteiger partial charge in [-0.05, 0) is 0 Å². The van der Waals surface area contributed by atoms with E-state index in [4.69, 9.17) is 10.5 Å². The average molecular weight is 418 g/mol. The maximum atomic E-state index is 5.96. The van der Waals surface area contributed by atoms with Crippen LogP contribution in [0.15, 0.2) is 18.2 Å². The zero-order chi connectivity index (χ0) is 9.97. The Labute approximate surface area is 98.3 Å². The molecule has 1 aromatic rings. The summed E-state index contributed by atoms with van der Waals surface area (Å²) in [4.78, 5) is 0. The number of nitrogens with two attached hydrogens (primary N) is 1. The number of hydrogen-bond acceptors (Lipinski definition) is 2. The molecular weight excluding hydrogens is 404 g/mol. The van der Waals surface area contributed by atoms with Gasteiger partial charge >= 0.3 is 99.1 Å². The molecule has 0 unspecified atom stereocenters. The quantitative estimate of drug-likeness (QED) is 0.399. The molecule has 14 heavy (non-hydrogen) atoms. The molecule has 2 nitrogen and oxygen atoms in total. The molecule has 0 aromatic heterocycles. The van der Waals surface area contributed by atoms with Crippen LogP contribution in [-0.2, 0) is 4.43 Å². The molecule has 1 heterocycles. The molecule has 1 fully saturated rings. The van der Waals surface area contributed by atoms with Gasteiger partial charge in [0.25, 0.3) is 0 Å². The van der Waals surface area contributed by atoms with Crippen LogP contribution in [0.5, 0.6) is 5.75 Å². The summed E-state index contributed by atoms with van der Waals surface area (Å²) in [7, 11) is 1.73. The van der Waals surface area contributed by atoms with E-state index in [1.165, 1.54) is 9.99 Å². The van der Waals surface area contributed by atoms with Crippen molar-refractivity contribution in [2.75, 3.05) is 21.7 Å². The minimum absolute atomic E-state index is 0.297. The van der Waals surface area contributed by atoms with Crippen molar-refractivity contribution in [3.05, 3.63) is 23.8 Å². The van der Waals surface area contributed by atoms with Crippen LogP contribution in [0.1, 0.15) is 5.56 Å². The molecule has 0 radical (unpaired) electrons. The third-order valence-corrected chi connectivity index (χ3v) is 18.7. The van der Waals surface area contributed by atoms with E-state index in [9.17, 15) is 0 Å². The summed E-state index contributed by atoms with van der Waals surface area (Å²) >= 11 is 0.158. The first-order chi connectivity index (χ1) is 6.81. The summed E-state index contributed by atoms with van der Waals surface area (Å²) in [6.45, 7) is 0. The van der Waals surface area contributed by atoms with E-state index >= 15 is 0 Å². The number of ether oxygens (including phenoxy) is 1. The Morgan fingerprint density at radius 1 is 1.50 bits per heavy atom. The van der Waals surface area contributed by atoms with Crippen molar-refractivity contribution in [3.8, 4) is 5.75 Å². The van der Waals surface area contributed by atoms with Gasteiger partial charge in [0.05, 0.1) is 0 Å². The van der Waals surface area contributed by atoms with Gasteiger partial charge in [-0.15, -0.1) is 0 Å². The second-order valence-electron chi connectivity index (χ2n) is 3.03. The van der Waals surface area contributed by atoms with Gasteiger partial charge in [0.15, 0.2) is 0 Å². The Balaban J connectivity index is 2.11. The van der Waals surface area contributed by atoms with E-state index in [-0.39, 0.29) is 15.8 Å². The fourth-order valence-electron chi connectivity index (χ4n) is 1.17. The fraction of sp³-hybridized carbons (Fsp3) is 0.400. The number of benzene rings is 1. The molecule has 0 spiro atoms. The van der Waals surface area contributed by atoms with Crippen LogP contribution in [0.3, 0.4) is 0 Å². The molecule has 4 heteroatoms. The number of hydrogen-bond donors (Lipinski definition) is 1. The molecule has 80 valence electrons. The van der Waals surface area contributed by atoms with E-state index in [0.29, 0.717) is 17.2 Å². The Kier molecular flexibility index (Phi) is 3.75. The molecule has 0 aliphatic carbocycles. The summed E-state index contributed by atoms with van der Waals surface area (Å²) in [6.07, 6.45) is 0. The molecule has 0 saturated carbocycles. The summed E-state index contributed by atoms with van der Waals surface area (Å²) < 4.78 is 9.78. The van der Waals surface area contributed by atoms with Gasteiger partial charge in [0, 0.05) is 0 Å². The normalized spacial score (nSPS) is 17.1. The van der Waals surface area contributed by atoms with E-state index in [1.807, 2.05) is 18.2 Å².